The van der Waals surface area contributed by atoms with E-state index in [0.717, 1.165) is 16.7 Å². The molecule has 216 valence electrons. The first-order valence-electron chi connectivity index (χ1n) is 13.7. The molecular weight excluding hydrogens is 518 g/mol. The van der Waals surface area contributed by atoms with E-state index in [1.54, 1.807) is 24.3 Å². The van der Waals surface area contributed by atoms with Gasteiger partial charge in [0.15, 0.2) is 5.96 Å². The van der Waals surface area contributed by atoms with Gasteiger partial charge in [0.05, 0.1) is 5.92 Å². The summed E-state index contributed by atoms with van der Waals surface area (Å²) in [5, 5.41) is 18.7. The zero-order chi connectivity index (χ0) is 29.6. The summed E-state index contributed by atoms with van der Waals surface area (Å²) >= 11 is 0. The SMILES string of the molecule is CCNC(=O)C(N)c1ccc(CNC(=O)[C@@H](CCCNC(=N)N)NC(=O)C(c2ccccc2)c2ccccc2)cc1. The minimum Gasteiger partial charge on any atom is -0.370 e. The number of nitrogens with two attached hydrogens (primary N) is 2. The van der Waals surface area contributed by atoms with Gasteiger partial charge in [-0.25, -0.2) is 0 Å². The van der Waals surface area contributed by atoms with Crippen molar-refractivity contribution in [3.8, 4) is 0 Å². The van der Waals surface area contributed by atoms with Crippen LogP contribution in [0.3, 0.4) is 0 Å². The molecule has 3 aromatic carbocycles. The number of rotatable bonds is 14. The zero-order valence-corrected chi connectivity index (χ0v) is 23.2. The molecule has 0 spiro atoms. The molecule has 0 aliphatic carbocycles. The third kappa shape index (κ3) is 9.47. The van der Waals surface area contributed by atoms with Crippen molar-refractivity contribution in [2.75, 3.05) is 13.1 Å². The molecule has 2 atom stereocenters. The number of carbonyl (C=O) groups is 3. The zero-order valence-electron chi connectivity index (χ0n) is 23.2. The Kier molecular flexibility index (Phi) is 11.9. The molecule has 0 saturated carbocycles. The molecule has 0 aromatic heterocycles. The van der Waals surface area contributed by atoms with Gasteiger partial charge in [-0.15, -0.1) is 0 Å². The van der Waals surface area contributed by atoms with Gasteiger partial charge in [-0.3, -0.25) is 19.8 Å². The summed E-state index contributed by atoms with van der Waals surface area (Å²) in [7, 11) is 0. The van der Waals surface area contributed by atoms with E-state index in [0.29, 0.717) is 31.5 Å². The third-order valence-corrected chi connectivity index (χ3v) is 6.59. The summed E-state index contributed by atoms with van der Waals surface area (Å²) < 4.78 is 0. The topological polar surface area (TPSA) is 175 Å². The second-order valence-corrected chi connectivity index (χ2v) is 9.63. The number of likely N-dealkylation sites (N-methyl/N-ethyl adjacent to an activating group) is 1. The predicted molar refractivity (Wildman–Crippen MR) is 160 cm³/mol. The molecule has 0 aliphatic heterocycles. The first-order chi connectivity index (χ1) is 19.8. The molecule has 0 aliphatic rings. The van der Waals surface area contributed by atoms with Crippen LogP contribution in [0.2, 0.25) is 0 Å². The quantitative estimate of drug-likeness (QED) is 0.0906. The standard InChI is InChI=1S/C31H39N7O3/c1-2-35-30(41)27(32)24-17-15-21(16-18-24)20-37-28(39)25(14-9-19-36-31(33)34)38-29(40)26(22-10-5-3-6-11-22)23-12-7-4-8-13-23/h3-8,10-13,15-18,25-27H,2,9,14,19-20,32H2,1H3,(H,35,41)(H,37,39)(H,38,40)(H4,33,34,36)/t25-,27?/m1/s1. The van der Waals surface area contributed by atoms with Crippen molar-refractivity contribution >= 4 is 23.7 Å². The highest BCUT2D eigenvalue weighted by atomic mass is 16.2. The highest BCUT2D eigenvalue weighted by molar-refractivity contribution is 5.92. The smallest absolute Gasteiger partial charge is 0.242 e. The number of guanidine groups is 1. The maximum atomic E-state index is 13.7. The minimum atomic E-state index is -0.809. The summed E-state index contributed by atoms with van der Waals surface area (Å²) in [4.78, 5) is 39.0. The number of hydrogen-bond acceptors (Lipinski definition) is 5. The van der Waals surface area contributed by atoms with Gasteiger partial charge in [-0.1, -0.05) is 84.9 Å². The Labute approximate surface area is 240 Å². The van der Waals surface area contributed by atoms with Crippen molar-refractivity contribution < 1.29 is 14.4 Å². The van der Waals surface area contributed by atoms with Gasteiger partial charge < -0.3 is 32.7 Å². The maximum Gasteiger partial charge on any atom is 0.242 e. The van der Waals surface area contributed by atoms with Crippen molar-refractivity contribution in [3.63, 3.8) is 0 Å². The van der Waals surface area contributed by atoms with Crippen LogP contribution in [0.15, 0.2) is 84.9 Å². The van der Waals surface area contributed by atoms with E-state index in [1.807, 2.05) is 67.6 Å². The molecule has 3 rings (SSSR count). The number of carbonyl (C=O) groups excluding carboxylic acids is 3. The molecule has 3 aromatic rings. The van der Waals surface area contributed by atoms with E-state index in [2.05, 4.69) is 21.3 Å². The van der Waals surface area contributed by atoms with Gasteiger partial charge in [0, 0.05) is 19.6 Å². The van der Waals surface area contributed by atoms with Crippen molar-refractivity contribution in [1.29, 1.82) is 5.41 Å². The number of amides is 3. The third-order valence-electron chi connectivity index (χ3n) is 6.59. The summed E-state index contributed by atoms with van der Waals surface area (Å²) in [5.41, 5.74) is 14.5. The number of benzene rings is 3. The lowest BCUT2D eigenvalue weighted by molar-refractivity contribution is -0.129. The van der Waals surface area contributed by atoms with Crippen molar-refractivity contribution in [2.45, 2.75) is 44.3 Å². The largest absolute Gasteiger partial charge is 0.370 e. The first-order valence-corrected chi connectivity index (χ1v) is 13.7. The second kappa shape index (κ2) is 15.8. The molecule has 10 heteroatoms. The fraction of sp³-hybridized carbons (Fsp3) is 0.290. The lowest BCUT2D eigenvalue weighted by Gasteiger charge is -2.23. The van der Waals surface area contributed by atoms with E-state index in [-0.39, 0.29) is 30.2 Å². The predicted octanol–water partition coefficient (Wildman–Crippen LogP) is 2.02. The van der Waals surface area contributed by atoms with Gasteiger partial charge in [-0.2, -0.15) is 0 Å². The Bertz CT molecular complexity index is 1240. The van der Waals surface area contributed by atoms with Crippen molar-refractivity contribution in [1.82, 2.24) is 21.3 Å². The lowest BCUT2D eigenvalue weighted by Crippen LogP contribution is -2.48. The molecule has 0 heterocycles. The first kappa shape index (κ1) is 30.8. The van der Waals surface area contributed by atoms with Crippen LogP contribution in [0.5, 0.6) is 0 Å². The summed E-state index contributed by atoms with van der Waals surface area (Å²) in [5.74, 6) is -1.62. The average Bonchev–Trinajstić information content (AvgIpc) is 2.98. The van der Waals surface area contributed by atoms with E-state index < -0.39 is 18.0 Å². The van der Waals surface area contributed by atoms with Crippen LogP contribution >= 0.6 is 0 Å². The van der Waals surface area contributed by atoms with Gasteiger partial charge in [0.1, 0.15) is 12.1 Å². The van der Waals surface area contributed by atoms with E-state index in [4.69, 9.17) is 16.9 Å². The Morgan fingerprint density at radius 1 is 0.756 bits per heavy atom. The second-order valence-electron chi connectivity index (χ2n) is 9.63. The Morgan fingerprint density at radius 2 is 1.34 bits per heavy atom. The molecule has 0 radical (unpaired) electrons. The molecule has 3 amide bonds. The maximum absolute atomic E-state index is 13.7. The van der Waals surface area contributed by atoms with Crippen LogP contribution in [-0.4, -0.2) is 42.8 Å². The average molecular weight is 558 g/mol. The molecule has 10 nitrogen and oxygen atoms in total. The molecule has 9 N–H and O–H groups in total. The van der Waals surface area contributed by atoms with Crippen molar-refractivity contribution in [2.24, 2.45) is 11.5 Å². The van der Waals surface area contributed by atoms with Crippen LogP contribution in [-0.2, 0) is 20.9 Å². The monoisotopic (exact) mass is 557 g/mol. The van der Waals surface area contributed by atoms with Gasteiger partial charge in [-0.05, 0) is 42.0 Å². The molecule has 0 saturated heterocycles. The van der Waals surface area contributed by atoms with E-state index in [1.165, 1.54) is 0 Å². The van der Waals surface area contributed by atoms with Crippen LogP contribution in [0.4, 0.5) is 0 Å². The number of hydrogen-bond donors (Lipinski definition) is 7. The molecule has 41 heavy (non-hydrogen) atoms. The number of nitrogens with one attached hydrogen (secondary N) is 5. The van der Waals surface area contributed by atoms with Crippen LogP contribution in [0.25, 0.3) is 0 Å². The van der Waals surface area contributed by atoms with Crippen LogP contribution < -0.4 is 32.7 Å². The van der Waals surface area contributed by atoms with Gasteiger partial charge in [0.2, 0.25) is 17.7 Å². The summed E-state index contributed by atoms with van der Waals surface area (Å²) in [6, 6.07) is 24.4. The van der Waals surface area contributed by atoms with Crippen LogP contribution in [0.1, 0.15) is 54.0 Å². The Balaban J connectivity index is 1.72. The van der Waals surface area contributed by atoms with E-state index >= 15 is 0 Å². The van der Waals surface area contributed by atoms with Crippen molar-refractivity contribution in [3.05, 3.63) is 107 Å². The molecule has 0 bridgehead atoms. The molecule has 1 unspecified atom stereocenters. The normalized spacial score (nSPS) is 12.2. The molecule has 0 fully saturated rings. The van der Waals surface area contributed by atoms with Crippen LogP contribution in [0, 0.1) is 5.41 Å². The fourth-order valence-electron chi connectivity index (χ4n) is 4.43. The van der Waals surface area contributed by atoms with E-state index in [9.17, 15) is 14.4 Å². The minimum absolute atomic E-state index is 0.154. The highest BCUT2D eigenvalue weighted by Crippen LogP contribution is 2.25. The van der Waals surface area contributed by atoms with Gasteiger partial charge in [0.25, 0.3) is 0 Å². The fourth-order valence-corrected chi connectivity index (χ4v) is 4.43. The summed E-state index contributed by atoms with van der Waals surface area (Å²) in [6.07, 6.45) is 0.847. The van der Waals surface area contributed by atoms with Gasteiger partial charge >= 0.3 is 0 Å². The highest BCUT2D eigenvalue weighted by Gasteiger charge is 2.27. The Hall–Kier alpha value is -4.70. The lowest BCUT2D eigenvalue weighted by atomic mass is 9.90. The summed E-state index contributed by atoms with van der Waals surface area (Å²) in [6.45, 7) is 2.95. The Morgan fingerprint density at radius 3 is 1.88 bits per heavy atom. The molecular formula is C31H39N7O3.